The van der Waals surface area contributed by atoms with Gasteiger partial charge in [-0.3, -0.25) is 24.0 Å². The highest BCUT2D eigenvalue weighted by Crippen LogP contribution is 2.19. The number of H-pyrrole nitrogens is 1. The summed E-state index contributed by atoms with van der Waals surface area (Å²) in [6.07, 6.45) is -0.0527. The van der Waals surface area contributed by atoms with Gasteiger partial charge in [0.2, 0.25) is 23.6 Å². The molecule has 4 amide bonds. The SMILES string of the molecule is NC(=O)CC(NC(=O)C(CCC(=O)O)NC(=O)C(Cc1c[nH]c2ccccc12)NC(=O)C(N)Cc1ccc(O)cc1)C(=O)O. The van der Waals surface area contributed by atoms with Gasteiger partial charge in [0, 0.05) is 29.9 Å². The summed E-state index contributed by atoms with van der Waals surface area (Å²) < 4.78 is 0. The molecule has 0 saturated carbocycles. The number of aromatic amines is 1. The van der Waals surface area contributed by atoms with Gasteiger partial charge in [0.15, 0.2) is 0 Å². The van der Waals surface area contributed by atoms with E-state index in [2.05, 4.69) is 20.9 Å². The van der Waals surface area contributed by atoms with E-state index < -0.39 is 79.0 Å². The number of hydrogen-bond donors (Lipinski definition) is 9. The molecule has 11 N–H and O–H groups in total. The third-order valence-corrected chi connectivity index (χ3v) is 6.76. The van der Waals surface area contributed by atoms with Gasteiger partial charge in [0.25, 0.3) is 0 Å². The van der Waals surface area contributed by atoms with Crippen molar-refractivity contribution < 1.29 is 44.1 Å². The van der Waals surface area contributed by atoms with Gasteiger partial charge in [0.1, 0.15) is 23.9 Å². The van der Waals surface area contributed by atoms with Crippen molar-refractivity contribution in [1.29, 1.82) is 0 Å². The maximum Gasteiger partial charge on any atom is 0.326 e. The standard InChI is InChI=1S/C29H34N6O9/c30-19(11-15-5-7-17(36)8-6-15)26(40)34-22(12-16-14-32-20-4-2-1-3-18(16)20)28(42)33-21(9-10-25(38)39)27(41)35-23(29(43)44)13-24(31)37/h1-8,14,19,21-23,32,36H,9-13,30H2,(H2,31,37)(H,33,42)(H,34,40)(H,35,41)(H,38,39)(H,43,44). The number of hydrogen-bond acceptors (Lipinski definition) is 8. The van der Waals surface area contributed by atoms with Crippen LogP contribution in [0.25, 0.3) is 10.9 Å². The Morgan fingerprint density at radius 1 is 0.795 bits per heavy atom. The third-order valence-electron chi connectivity index (χ3n) is 6.76. The Balaban J connectivity index is 1.85. The zero-order chi connectivity index (χ0) is 32.4. The summed E-state index contributed by atoms with van der Waals surface area (Å²) in [5.74, 6) is -6.44. The molecule has 2 aromatic carbocycles. The normalized spacial score (nSPS) is 13.7. The van der Waals surface area contributed by atoms with Crippen LogP contribution in [0.15, 0.2) is 54.7 Å². The zero-order valence-corrected chi connectivity index (χ0v) is 23.5. The van der Waals surface area contributed by atoms with Gasteiger partial charge >= 0.3 is 11.9 Å². The average Bonchev–Trinajstić information content (AvgIpc) is 3.37. The largest absolute Gasteiger partial charge is 0.508 e. The topological polar surface area (TPSA) is 267 Å². The van der Waals surface area contributed by atoms with E-state index in [1.807, 2.05) is 18.2 Å². The summed E-state index contributed by atoms with van der Waals surface area (Å²) in [5.41, 5.74) is 13.2. The smallest absolute Gasteiger partial charge is 0.326 e. The van der Waals surface area contributed by atoms with Crippen LogP contribution in [0.2, 0.25) is 0 Å². The second kappa shape index (κ2) is 15.2. The van der Waals surface area contributed by atoms with E-state index in [1.54, 1.807) is 24.4 Å². The Kier molecular flexibility index (Phi) is 11.4. The van der Waals surface area contributed by atoms with Crippen LogP contribution in [-0.2, 0) is 41.6 Å². The molecule has 15 heteroatoms. The van der Waals surface area contributed by atoms with Gasteiger partial charge < -0.3 is 47.7 Å². The number of nitrogens with one attached hydrogen (secondary N) is 4. The van der Waals surface area contributed by atoms with Gasteiger partial charge in [-0.1, -0.05) is 30.3 Å². The number of para-hydroxylation sites is 1. The van der Waals surface area contributed by atoms with Crippen molar-refractivity contribution in [3.05, 3.63) is 65.9 Å². The highest BCUT2D eigenvalue weighted by Gasteiger charge is 2.31. The van der Waals surface area contributed by atoms with Gasteiger partial charge in [-0.2, -0.15) is 0 Å². The lowest BCUT2D eigenvalue weighted by molar-refractivity contribution is -0.144. The summed E-state index contributed by atoms with van der Waals surface area (Å²) >= 11 is 0. The van der Waals surface area contributed by atoms with Crippen molar-refractivity contribution in [3.8, 4) is 5.75 Å². The molecule has 1 heterocycles. The number of carbonyl (C=O) groups is 6. The second-order valence-corrected chi connectivity index (χ2v) is 10.2. The summed E-state index contributed by atoms with van der Waals surface area (Å²) in [5, 5.41) is 35.9. The number of fused-ring (bicyclic) bond motifs is 1. The first kappa shape index (κ1) is 33.1. The van der Waals surface area contributed by atoms with E-state index in [-0.39, 0.29) is 18.6 Å². The lowest BCUT2D eigenvalue weighted by atomic mass is 10.0. The number of carbonyl (C=O) groups excluding carboxylic acids is 4. The monoisotopic (exact) mass is 610 g/mol. The van der Waals surface area contributed by atoms with Crippen LogP contribution >= 0.6 is 0 Å². The molecular formula is C29H34N6O9. The van der Waals surface area contributed by atoms with Crippen LogP contribution in [-0.4, -0.2) is 80.0 Å². The number of rotatable bonds is 16. The van der Waals surface area contributed by atoms with E-state index in [9.17, 15) is 44.1 Å². The van der Waals surface area contributed by atoms with E-state index in [0.717, 1.165) is 10.9 Å². The number of carboxylic acid groups (broad SMARTS) is 2. The number of primary amides is 1. The first-order valence-corrected chi connectivity index (χ1v) is 13.6. The Bertz CT molecular complexity index is 1520. The molecule has 234 valence electrons. The molecule has 0 spiro atoms. The van der Waals surface area contributed by atoms with Gasteiger partial charge in [-0.15, -0.1) is 0 Å². The Hall–Kier alpha value is -5.44. The Labute approximate surface area is 251 Å². The lowest BCUT2D eigenvalue weighted by Gasteiger charge is -2.25. The molecule has 4 atom stereocenters. The van der Waals surface area contributed by atoms with Gasteiger partial charge in [0.05, 0.1) is 12.5 Å². The molecule has 0 aliphatic heterocycles. The predicted octanol–water partition coefficient (Wildman–Crippen LogP) is -0.735. The third kappa shape index (κ3) is 9.55. The van der Waals surface area contributed by atoms with Crippen molar-refractivity contribution >= 4 is 46.5 Å². The van der Waals surface area contributed by atoms with Gasteiger partial charge in [-0.25, -0.2) is 4.79 Å². The Morgan fingerprint density at radius 3 is 2.05 bits per heavy atom. The maximum absolute atomic E-state index is 13.6. The quantitative estimate of drug-likeness (QED) is 0.0980. The van der Waals surface area contributed by atoms with Crippen LogP contribution in [0.4, 0.5) is 0 Å². The molecule has 0 fully saturated rings. The van der Waals surface area contributed by atoms with Crippen molar-refractivity contribution in [3.63, 3.8) is 0 Å². The fraction of sp³-hybridized carbons (Fsp3) is 0.310. The van der Waals surface area contributed by atoms with Crippen molar-refractivity contribution in [2.24, 2.45) is 11.5 Å². The van der Waals surface area contributed by atoms with E-state index >= 15 is 0 Å². The number of aliphatic carboxylic acids is 2. The molecule has 0 saturated heterocycles. The molecule has 0 bridgehead atoms. The van der Waals surface area contributed by atoms with Crippen molar-refractivity contribution in [2.75, 3.05) is 0 Å². The molecule has 3 rings (SSSR count). The highest BCUT2D eigenvalue weighted by molar-refractivity contribution is 5.95. The van der Waals surface area contributed by atoms with Crippen LogP contribution in [0, 0.1) is 0 Å². The number of nitrogens with two attached hydrogens (primary N) is 2. The van der Waals surface area contributed by atoms with Gasteiger partial charge in [-0.05, 0) is 42.2 Å². The van der Waals surface area contributed by atoms with Crippen LogP contribution < -0.4 is 27.4 Å². The molecule has 1 aromatic heterocycles. The number of aromatic nitrogens is 1. The molecule has 0 aliphatic carbocycles. The summed E-state index contributed by atoms with van der Waals surface area (Å²) in [6.45, 7) is 0. The molecule has 15 nitrogen and oxygen atoms in total. The molecule has 0 aliphatic rings. The first-order valence-electron chi connectivity index (χ1n) is 13.6. The minimum absolute atomic E-state index is 0.0352. The van der Waals surface area contributed by atoms with E-state index in [1.165, 1.54) is 12.1 Å². The fourth-order valence-electron chi connectivity index (χ4n) is 4.47. The summed E-state index contributed by atoms with van der Waals surface area (Å²) in [7, 11) is 0. The maximum atomic E-state index is 13.6. The molecule has 3 aromatic rings. The fourth-order valence-corrected chi connectivity index (χ4v) is 4.47. The predicted molar refractivity (Wildman–Crippen MR) is 156 cm³/mol. The van der Waals surface area contributed by atoms with Crippen LogP contribution in [0.1, 0.15) is 30.4 Å². The molecule has 44 heavy (non-hydrogen) atoms. The van der Waals surface area contributed by atoms with E-state index in [4.69, 9.17) is 11.5 Å². The summed E-state index contributed by atoms with van der Waals surface area (Å²) in [6, 6.07) is 7.62. The van der Waals surface area contributed by atoms with E-state index in [0.29, 0.717) is 11.1 Å². The van der Waals surface area contributed by atoms with Crippen molar-refractivity contribution in [2.45, 2.75) is 56.3 Å². The molecule has 4 unspecified atom stereocenters. The highest BCUT2D eigenvalue weighted by atomic mass is 16.4. The minimum atomic E-state index is -1.72. The number of phenols is 1. The average molecular weight is 611 g/mol. The number of carboxylic acids is 2. The molecule has 0 radical (unpaired) electrons. The van der Waals surface area contributed by atoms with Crippen molar-refractivity contribution in [1.82, 2.24) is 20.9 Å². The number of benzene rings is 2. The zero-order valence-electron chi connectivity index (χ0n) is 23.5. The first-order chi connectivity index (χ1) is 20.8. The lowest BCUT2D eigenvalue weighted by Crippen LogP contribution is -2.58. The van der Waals surface area contributed by atoms with Crippen LogP contribution in [0.3, 0.4) is 0 Å². The summed E-state index contributed by atoms with van der Waals surface area (Å²) in [4.78, 5) is 76.9. The number of phenolic OH excluding ortho intramolecular Hbond substituents is 1. The Morgan fingerprint density at radius 2 is 1.41 bits per heavy atom. The second-order valence-electron chi connectivity index (χ2n) is 10.2. The number of aromatic hydroxyl groups is 1. The van der Waals surface area contributed by atoms with Crippen LogP contribution in [0.5, 0.6) is 5.75 Å². The minimum Gasteiger partial charge on any atom is -0.508 e. The molecular weight excluding hydrogens is 576 g/mol. The number of amides is 4.